The average molecular weight is 370 g/mol. The van der Waals surface area contributed by atoms with E-state index in [2.05, 4.69) is 15.1 Å². The van der Waals surface area contributed by atoms with Crippen LogP contribution < -0.4 is 5.56 Å². The number of benzene rings is 1. The Bertz CT molecular complexity index is 1070. The topological polar surface area (TPSA) is 73.8 Å². The first-order valence-electron chi connectivity index (χ1n) is 7.75. The Morgan fingerprint density at radius 2 is 2.08 bits per heavy atom. The first-order chi connectivity index (χ1) is 12.3. The highest BCUT2D eigenvalue weighted by molar-refractivity contribution is 7.98. The van der Waals surface area contributed by atoms with E-state index in [4.69, 9.17) is 4.52 Å². The van der Waals surface area contributed by atoms with E-state index < -0.39 is 0 Å². The summed E-state index contributed by atoms with van der Waals surface area (Å²) in [6.45, 7) is 2.49. The highest BCUT2D eigenvalue weighted by atomic mass is 32.2. The van der Waals surface area contributed by atoms with Gasteiger partial charge in [0.2, 0.25) is 11.7 Å². The van der Waals surface area contributed by atoms with Crippen molar-refractivity contribution in [1.29, 1.82) is 0 Å². The third-order valence-electron chi connectivity index (χ3n) is 3.68. The van der Waals surface area contributed by atoms with Gasteiger partial charge in [-0.2, -0.15) is 4.98 Å². The second kappa shape index (κ2) is 6.81. The number of rotatable bonds is 5. The number of aromatic nitrogens is 4. The van der Waals surface area contributed by atoms with E-state index in [1.807, 2.05) is 42.6 Å². The first-order valence-corrected chi connectivity index (χ1v) is 9.61. The molecule has 0 radical (unpaired) electrons. The van der Waals surface area contributed by atoms with Gasteiger partial charge in [-0.05, 0) is 30.5 Å². The summed E-state index contributed by atoms with van der Waals surface area (Å²) in [5.41, 5.74) is 0.671. The summed E-state index contributed by atoms with van der Waals surface area (Å²) >= 11 is 2.99. The molecule has 4 aromatic rings. The summed E-state index contributed by atoms with van der Waals surface area (Å²) in [4.78, 5) is 22.6. The minimum Gasteiger partial charge on any atom is -0.338 e. The summed E-state index contributed by atoms with van der Waals surface area (Å²) in [5.74, 6) is 1.56. The van der Waals surface area contributed by atoms with E-state index in [0.29, 0.717) is 40.1 Å². The highest BCUT2D eigenvalue weighted by Gasteiger charge is 2.13. The van der Waals surface area contributed by atoms with Crippen LogP contribution in [-0.4, -0.2) is 19.7 Å². The van der Waals surface area contributed by atoms with Crippen molar-refractivity contribution in [3.8, 4) is 10.7 Å². The normalized spacial score (nSPS) is 11.2. The second-order valence-electron chi connectivity index (χ2n) is 5.24. The zero-order valence-electron chi connectivity index (χ0n) is 13.4. The van der Waals surface area contributed by atoms with Crippen molar-refractivity contribution in [1.82, 2.24) is 19.7 Å². The molecule has 6 nitrogen and oxygen atoms in total. The summed E-state index contributed by atoms with van der Waals surface area (Å²) in [6, 6.07) is 11.3. The van der Waals surface area contributed by atoms with E-state index in [-0.39, 0.29) is 5.56 Å². The quantitative estimate of drug-likeness (QED) is 0.393. The van der Waals surface area contributed by atoms with Gasteiger partial charge in [-0.25, -0.2) is 4.98 Å². The molecule has 0 fully saturated rings. The zero-order chi connectivity index (χ0) is 17.2. The molecule has 0 amide bonds. The Morgan fingerprint density at radius 1 is 1.20 bits per heavy atom. The van der Waals surface area contributed by atoms with Crippen LogP contribution >= 0.6 is 23.1 Å². The van der Waals surface area contributed by atoms with Gasteiger partial charge >= 0.3 is 0 Å². The molecule has 0 unspecified atom stereocenters. The molecule has 3 heterocycles. The SMILES string of the molecule is CCn1c(SCc2nc(-c3cccs3)no2)nc2ccccc2c1=O. The molecule has 0 saturated carbocycles. The summed E-state index contributed by atoms with van der Waals surface area (Å²) in [7, 11) is 0. The third kappa shape index (κ3) is 3.10. The second-order valence-corrected chi connectivity index (χ2v) is 7.13. The molecule has 0 aliphatic heterocycles. The fourth-order valence-corrected chi connectivity index (χ4v) is 4.03. The van der Waals surface area contributed by atoms with Crippen LogP contribution in [0.15, 0.2) is 56.3 Å². The molecule has 0 spiro atoms. The van der Waals surface area contributed by atoms with Gasteiger partial charge in [0.15, 0.2) is 5.16 Å². The molecule has 1 aromatic carbocycles. The van der Waals surface area contributed by atoms with Crippen LogP contribution in [0.3, 0.4) is 0 Å². The van der Waals surface area contributed by atoms with Gasteiger partial charge < -0.3 is 4.52 Å². The van der Waals surface area contributed by atoms with Gasteiger partial charge in [0.25, 0.3) is 5.56 Å². The fourth-order valence-electron chi connectivity index (χ4n) is 2.48. The van der Waals surface area contributed by atoms with Crippen LogP contribution in [0.2, 0.25) is 0 Å². The minimum atomic E-state index is -0.0274. The highest BCUT2D eigenvalue weighted by Crippen LogP contribution is 2.25. The van der Waals surface area contributed by atoms with E-state index in [1.165, 1.54) is 11.8 Å². The number of fused-ring (bicyclic) bond motifs is 1. The number of hydrogen-bond donors (Lipinski definition) is 0. The Hall–Kier alpha value is -2.45. The molecule has 3 aromatic heterocycles. The van der Waals surface area contributed by atoms with E-state index in [1.54, 1.807) is 22.0 Å². The summed E-state index contributed by atoms with van der Waals surface area (Å²) in [5, 5.41) is 7.26. The summed E-state index contributed by atoms with van der Waals surface area (Å²) < 4.78 is 6.98. The predicted molar refractivity (Wildman–Crippen MR) is 98.8 cm³/mol. The van der Waals surface area contributed by atoms with Crippen molar-refractivity contribution in [2.75, 3.05) is 0 Å². The number of thioether (sulfide) groups is 1. The van der Waals surface area contributed by atoms with Gasteiger partial charge in [-0.3, -0.25) is 9.36 Å². The van der Waals surface area contributed by atoms with E-state index >= 15 is 0 Å². The molecule has 0 aliphatic carbocycles. The summed E-state index contributed by atoms with van der Waals surface area (Å²) in [6.07, 6.45) is 0. The maximum absolute atomic E-state index is 12.6. The van der Waals surface area contributed by atoms with Crippen molar-refractivity contribution >= 4 is 34.0 Å². The van der Waals surface area contributed by atoms with Gasteiger partial charge in [0.05, 0.1) is 21.5 Å². The number of thiophene rings is 1. The number of para-hydroxylation sites is 1. The molecule has 0 aliphatic rings. The lowest BCUT2D eigenvalue weighted by Crippen LogP contribution is -2.22. The molecule has 4 rings (SSSR count). The lowest BCUT2D eigenvalue weighted by Gasteiger charge is -2.10. The standard InChI is InChI=1S/C17H14N4O2S2/c1-2-21-16(22)11-6-3-4-7-12(11)18-17(21)25-10-14-19-15(20-23-14)13-8-5-9-24-13/h3-9H,2,10H2,1H3. The van der Waals surface area contributed by atoms with Crippen LogP contribution in [-0.2, 0) is 12.3 Å². The molecule has 0 bridgehead atoms. The molecule has 0 atom stereocenters. The zero-order valence-corrected chi connectivity index (χ0v) is 15.0. The van der Waals surface area contributed by atoms with Gasteiger partial charge in [-0.15, -0.1) is 11.3 Å². The van der Waals surface area contributed by atoms with Crippen molar-refractivity contribution in [3.05, 3.63) is 58.0 Å². The smallest absolute Gasteiger partial charge is 0.262 e. The number of hydrogen-bond acceptors (Lipinski definition) is 7. The lowest BCUT2D eigenvalue weighted by atomic mass is 10.2. The van der Waals surface area contributed by atoms with E-state index in [9.17, 15) is 4.79 Å². The molecule has 0 N–H and O–H groups in total. The Morgan fingerprint density at radius 3 is 2.88 bits per heavy atom. The Kier molecular flexibility index (Phi) is 4.37. The maximum Gasteiger partial charge on any atom is 0.262 e. The average Bonchev–Trinajstić information content (AvgIpc) is 3.31. The maximum atomic E-state index is 12.6. The van der Waals surface area contributed by atoms with Crippen LogP contribution in [0.4, 0.5) is 0 Å². The van der Waals surface area contributed by atoms with Gasteiger partial charge in [-0.1, -0.05) is 35.1 Å². The van der Waals surface area contributed by atoms with Gasteiger partial charge in [0.1, 0.15) is 0 Å². The van der Waals surface area contributed by atoms with Crippen molar-refractivity contribution in [2.45, 2.75) is 24.4 Å². The molecule has 0 saturated heterocycles. The van der Waals surface area contributed by atoms with Crippen molar-refractivity contribution in [2.24, 2.45) is 0 Å². The van der Waals surface area contributed by atoms with Crippen molar-refractivity contribution in [3.63, 3.8) is 0 Å². The molecular formula is C17H14N4O2S2. The van der Waals surface area contributed by atoms with Crippen LogP contribution in [0, 0.1) is 0 Å². The third-order valence-corrected chi connectivity index (χ3v) is 5.50. The molecule has 8 heteroatoms. The molecular weight excluding hydrogens is 356 g/mol. The Balaban J connectivity index is 1.62. The Labute approximate surface area is 151 Å². The fraction of sp³-hybridized carbons (Fsp3) is 0.176. The van der Waals surface area contributed by atoms with Crippen molar-refractivity contribution < 1.29 is 4.52 Å². The molecule has 25 heavy (non-hydrogen) atoms. The van der Waals surface area contributed by atoms with Crippen LogP contribution in [0.25, 0.3) is 21.6 Å². The predicted octanol–water partition coefficient (Wildman–Crippen LogP) is 3.82. The minimum absolute atomic E-state index is 0.0274. The number of nitrogens with zero attached hydrogens (tertiary/aromatic N) is 4. The van der Waals surface area contributed by atoms with Crippen LogP contribution in [0.1, 0.15) is 12.8 Å². The largest absolute Gasteiger partial charge is 0.338 e. The molecule has 126 valence electrons. The van der Waals surface area contributed by atoms with Crippen LogP contribution in [0.5, 0.6) is 0 Å². The monoisotopic (exact) mass is 370 g/mol. The first kappa shape index (κ1) is 16.0. The lowest BCUT2D eigenvalue weighted by molar-refractivity contribution is 0.391. The van der Waals surface area contributed by atoms with Gasteiger partial charge in [0, 0.05) is 6.54 Å². The van der Waals surface area contributed by atoms with E-state index in [0.717, 1.165) is 4.88 Å².